The number of amides is 1. The molecule has 2 aliphatic rings. The topological polar surface area (TPSA) is 57.6 Å². The van der Waals surface area contributed by atoms with Gasteiger partial charge in [-0.1, -0.05) is 12.8 Å². The largest absolute Gasteiger partial charge is 0.480 e. The summed E-state index contributed by atoms with van der Waals surface area (Å²) in [5.41, 5.74) is 0.772. The maximum absolute atomic E-state index is 13.4. The minimum Gasteiger partial charge on any atom is -0.480 e. The lowest BCUT2D eigenvalue weighted by atomic mass is 9.84. The number of carboxylic acids is 1. The monoisotopic (exact) mass is 305 g/mol. The number of nitrogens with zero attached hydrogens (tertiary/aromatic N) is 1. The summed E-state index contributed by atoms with van der Waals surface area (Å²) < 4.78 is 13.4. The van der Waals surface area contributed by atoms with Crippen LogP contribution in [-0.4, -0.2) is 34.0 Å². The zero-order valence-electron chi connectivity index (χ0n) is 12.6. The van der Waals surface area contributed by atoms with Crippen LogP contribution in [0.15, 0.2) is 18.2 Å². The second-order valence-electron chi connectivity index (χ2n) is 6.38. The van der Waals surface area contributed by atoms with Crippen molar-refractivity contribution in [3.8, 4) is 0 Å². The minimum atomic E-state index is -0.943. The van der Waals surface area contributed by atoms with E-state index in [0.29, 0.717) is 17.5 Å². The van der Waals surface area contributed by atoms with Crippen LogP contribution < -0.4 is 0 Å². The van der Waals surface area contributed by atoms with Crippen molar-refractivity contribution in [3.05, 3.63) is 35.1 Å². The minimum absolute atomic E-state index is 0.00714. The third kappa shape index (κ3) is 2.49. The van der Waals surface area contributed by atoms with E-state index in [2.05, 4.69) is 0 Å². The number of carbonyl (C=O) groups excluding carboxylic acids is 1. The van der Waals surface area contributed by atoms with Crippen molar-refractivity contribution in [1.82, 2.24) is 4.90 Å². The Kier molecular flexibility index (Phi) is 3.89. The highest BCUT2D eigenvalue weighted by Crippen LogP contribution is 2.40. The molecule has 1 aliphatic carbocycles. The van der Waals surface area contributed by atoms with Gasteiger partial charge in [-0.15, -0.1) is 0 Å². The van der Waals surface area contributed by atoms with Crippen LogP contribution in [0.3, 0.4) is 0 Å². The van der Waals surface area contributed by atoms with Crippen molar-refractivity contribution in [2.75, 3.05) is 0 Å². The van der Waals surface area contributed by atoms with Gasteiger partial charge in [0.25, 0.3) is 5.91 Å². The first kappa shape index (κ1) is 15.0. The number of aryl methyl sites for hydroxylation is 1. The van der Waals surface area contributed by atoms with Gasteiger partial charge in [0.1, 0.15) is 11.9 Å². The first-order valence-electron chi connectivity index (χ1n) is 7.80. The number of rotatable bonds is 2. The highest BCUT2D eigenvalue weighted by atomic mass is 19.1. The summed E-state index contributed by atoms with van der Waals surface area (Å²) in [4.78, 5) is 25.9. The third-order valence-electron chi connectivity index (χ3n) is 5.01. The van der Waals surface area contributed by atoms with Crippen LogP contribution in [0.4, 0.5) is 4.39 Å². The Labute approximate surface area is 128 Å². The summed E-state index contributed by atoms with van der Waals surface area (Å²) in [7, 11) is 0. The van der Waals surface area contributed by atoms with Crippen molar-refractivity contribution in [2.45, 2.75) is 51.1 Å². The fraction of sp³-hybridized carbons (Fsp3) is 0.529. The van der Waals surface area contributed by atoms with Crippen molar-refractivity contribution >= 4 is 11.9 Å². The molecule has 1 N–H and O–H groups in total. The summed E-state index contributed by atoms with van der Waals surface area (Å²) in [6, 6.07) is 3.47. The number of fused-ring (bicyclic) bond motifs is 1. The molecule has 1 aromatic rings. The van der Waals surface area contributed by atoms with E-state index in [1.165, 1.54) is 18.2 Å². The molecule has 1 saturated heterocycles. The zero-order chi connectivity index (χ0) is 15.9. The normalized spacial score (nSPS) is 27.5. The molecule has 5 heteroatoms. The quantitative estimate of drug-likeness (QED) is 0.914. The van der Waals surface area contributed by atoms with E-state index in [9.17, 15) is 19.1 Å². The molecule has 1 aromatic carbocycles. The van der Waals surface area contributed by atoms with Crippen molar-refractivity contribution in [2.24, 2.45) is 5.92 Å². The Morgan fingerprint density at radius 2 is 2.00 bits per heavy atom. The molecule has 1 heterocycles. The average molecular weight is 305 g/mol. The van der Waals surface area contributed by atoms with Crippen molar-refractivity contribution < 1.29 is 19.1 Å². The molecule has 4 nitrogen and oxygen atoms in total. The maximum Gasteiger partial charge on any atom is 0.326 e. The fourth-order valence-corrected chi connectivity index (χ4v) is 3.90. The molecule has 1 saturated carbocycles. The predicted octanol–water partition coefficient (Wildman–Crippen LogP) is 2.99. The molecule has 1 amide bonds. The summed E-state index contributed by atoms with van der Waals surface area (Å²) >= 11 is 0. The van der Waals surface area contributed by atoms with E-state index in [1.807, 2.05) is 0 Å². The summed E-state index contributed by atoms with van der Waals surface area (Å²) in [6.07, 6.45) is 4.51. The first-order chi connectivity index (χ1) is 10.5. The summed E-state index contributed by atoms with van der Waals surface area (Å²) in [5.74, 6) is -1.31. The molecule has 3 rings (SSSR count). The maximum atomic E-state index is 13.4. The Bertz CT molecular complexity index is 616. The lowest BCUT2D eigenvalue weighted by Gasteiger charge is -2.33. The smallest absolute Gasteiger partial charge is 0.326 e. The molecule has 0 aromatic heterocycles. The summed E-state index contributed by atoms with van der Waals surface area (Å²) in [5, 5.41) is 9.47. The number of carbonyl (C=O) groups is 2. The van der Waals surface area contributed by atoms with Gasteiger partial charge in [0.05, 0.1) is 0 Å². The Balaban J connectivity index is 1.93. The van der Waals surface area contributed by atoms with E-state index in [-0.39, 0.29) is 23.7 Å². The standard InChI is InChI=1S/C17H20FNO3/c1-10-8-12(6-7-13(10)18)16(20)19-14-5-3-2-4-11(14)9-15(19)17(21)22/h6-8,11,14-15H,2-5,9H2,1H3,(H,21,22). The van der Waals surface area contributed by atoms with Gasteiger partial charge in [-0.3, -0.25) is 4.79 Å². The lowest BCUT2D eigenvalue weighted by molar-refractivity contribution is -0.141. The van der Waals surface area contributed by atoms with Gasteiger partial charge in [0.2, 0.25) is 0 Å². The molecular formula is C17H20FNO3. The molecule has 2 fully saturated rings. The van der Waals surface area contributed by atoms with Gasteiger partial charge in [0.15, 0.2) is 0 Å². The number of hydrogen-bond donors (Lipinski definition) is 1. The number of halogens is 1. The van der Waals surface area contributed by atoms with Crippen LogP contribution in [0.25, 0.3) is 0 Å². The third-order valence-corrected chi connectivity index (χ3v) is 5.01. The van der Waals surface area contributed by atoms with Crippen LogP contribution >= 0.6 is 0 Å². The Morgan fingerprint density at radius 3 is 2.68 bits per heavy atom. The van der Waals surface area contributed by atoms with Crippen LogP contribution in [0.2, 0.25) is 0 Å². The van der Waals surface area contributed by atoms with Crippen molar-refractivity contribution in [1.29, 1.82) is 0 Å². The zero-order valence-corrected chi connectivity index (χ0v) is 12.6. The van der Waals surface area contributed by atoms with Gasteiger partial charge in [0, 0.05) is 11.6 Å². The molecule has 22 heavy (non-hydrogen) atoms. The average Bonchev–Trinajstić information content (AvgIpc) is 2.89. The van der Waals surface area contributed by atoms with Gasteiger partial charge in [-0.2, -0.15) is 0 Å². The molecule has 0 radical (unpaired) electrons. The molecule has 1 aliphatic heterocycles. The summed E-state index contributed by atoms with van der Waals surface area (Å²) in [6.45, 7) is 1.61. The van der Waals surface area contributed by atoms with Gasteiger partial charge >= 0.3 is 5.97 Å². The van der Waals surface area contributed by atoms with Gasteiger partial charge < -0.3 is 10.0 Å². The number of hydrogen-bond acceptors (Lipinski definition) is 2. The fourth-order valence-electron chi connectivity index (χ4n) is 3.90. The Morgan fingerprint density at radius 1 is 1.27 bits per heavy atom. The molecule has 3 atom stereocenters. The van der Waals surface area contributed by atoms with Gasteiger partial charge in [-0.25, -0.2) is 9.18 Å². The van der Waals surface area contributed by atoms with E-state index >= 15 is 0 Å². The second-order valence-corrected chi connectivity index (χ2v) is 6.38. The number of benzene rings is 1. The van der Waals surface area contributed by atoms with Gasteiger partial charge in [-0.05, 0) is 55.9 Å². The molecule has 0 bridgehead atoms. The van der Waals surface area contributed by atoms with E-state index < -0.39 is 12.0 Å². The van der Waals surface area contributed by atoms with E-state index in [4.69, 9.17) is 0 Å². The predicted molar refractivity (Wildman–Crippen MR) is 79.1 cm³/mol. The molecular weight excluding hydrogens is 285 g/mol. The highest BCUT2D eigenvalue weighted by molar-refractivity contribution is 5.97. The molecule has 118 valence electrons. The number of aliphatic carboxylic acids is 1. The SMILES string of the molecule is Cc1cc(C(=O)N2C(C(=O)O)CC3CCCCC32)ccc1F. The lowest BCUT2D eigenvalue weighted by Crippen LogP contribution is -2.46. The second kappa shape index (κ2) is 5.71. The Hall–Kier alpha value is -1.91. The van der Waals surface area contributed by atoms with Crippen molar-refractivity contribution in [3.63, 3.8) is 0 Å². The highest BCUT2D eigenvalue weighted by Gasteiger charge is 2.47. The van der Waals surface area contributed by atoms with E-state index in [0.717, 1.165) is 25.7 Å². The number of carboxylic acid groups (broad SMARTS) is 1. The number of likely N-dealkylation sites (tertiary alicyclic amines) is 1. The van der Waals surface area contributed by atoms with Crippen LogP contribution in [0.1, 0.15) is 48.0 Å². The first-order valence-corrected chi connectivity index (χ1v) is 7.80. The van der Waals surface area contributed by atoms with E-state index in [1.54, 1.807) is 11.8 Å². The van der Waals surface area contributed by atoms with Crippen LogP contribution in [-0.2, 0) is 4.79 Å². The molecule has 0 spiro atoms. The van der Waals surface area contributed by atoms with Crippen LogP contribution in [0.5, 0.6) is 0 Å². The van der Waals surface area contributed by atoms with Crippen LogP contribution in [0, 0.1) is 18.7 Å². The molecule has 3 unspecified atom stereocenters.